The van der Waals surface area contributed by atoms with Crippen LogP contribution in [0.1, 0.15) is 29.8 Å². The molecular formula is C19H20FN3O2. The summed E-state index contributed by atoms with van der Waals surface area (Å²) in [5, 5.41) is 0. The van der Waals surface area contributed by atoms with E-state index >= 15 is 0 Å². The second-order valence-corrected chi connectivity index (χ2v) is 6.58. The lowest BCUT2D eigenvalue weighted by molar-refractivity contribution is -0.141. The van der Waals surface area contributed by atoms with Crippen molar-refractivity contribution < 1.29 is 13.9 Å². The minimum atomic E-state index is -0.301. The summed E-state index contributed by atoms with van der Waals surface area (Å²) >= 11 is 0. The van der Waals surface area contributed by atoms with Crippen LogP contribution in [0.3, 0.4) is 0 Å². The largest absolute Gasteiger partial charge is 0.368 e. The molecule has 2 aliphatic heterocycles. The van der Waals surface area contributed by atoms with Crippen molar-refractivity contribution in [2.75, 3.05) is 13.2 Å². The Balaban J connectivity index is 1.60. The van der Waals surface area contributed by atoms with Crippen LogP contribution in [0, 0.1) is 12.7 Å². The first-order valence-corrected chi connectivity index (χ1v) is 8.64. The summed E-state index contributed by atoms with van der Waals surface area (Å²) in [6.07, 6.45) is 2.13. The van der Waals surface area contributed by atoms with Crippen LogP contribution in [0.5, 0.6) is 0 Å². The van der Waals surface area contributed by atoms with Crippen LogP contribution in [0.2, 0.25) is 0 Å². The van der Waals surface area contributed by atoms with E-state index in [0.717, 1.165) is 29.8 Å². The van der Waals surface area contributed by atoms with E-state index in [9.17, 15) is 9.18 Å². The molecular weight excluding hydrogens is 321 g/mol. The lowest BCUT2D eigenvalue weighted by Gasteiger charge is -2.31. The number of aromatic nitrogens is 2. The van der Waals surface area contributed by atoms with Crippen molar-refractivity contribution in [2.45, 2.75) is 38.8 Å². The van der Waals surface area contributed by atoms with Crippen LogP contribution in [0.15, 0.2) is 24.3 Å². The fourth-order valence-electron chi connectivity index (χ4n) is 3.50. The molecule has 25 heavy (non-hydrogen) atoms. The molecule has 1 saturated heterocycles. The summed E-state index contributed by atoms with van der Waals surface area (Å²) in [7, 11) is 0. The third-order valence-electron chi connectivity index (χ3n) is 4.87. The van der Waals surface area contributed by atoms with Gasteiger partial charge in [0.2, 0.25) is 0 Å². The number of carbonyl (C=O) groups excluding carboxylic acids is 1. The van der Waals surface area contributed by atoms with Gasteiger partial charge in [-0.2, -0.15) is 0 Å². The number of hydrogen-bond acceptors (Lipinski definition) is 4. The van der Waals surface area contributed by atoms with Gasteiger partial charge >= 0.3 is 0 Å². The Morgan fingerprint density at radius 1 is 1.36 bits per heavy atom. The topological polar surface area (TPSA) is 55.3 Å². The second kappa shape index (κ2) is 6.52. The molecule has 5 nitrogen and oxygen atoms in total. The highest BCUT2D eigenvalue weighted by atomic mass is 19.1. The molecule has 0 N–H and O–H groups in total. The minimum absolute atomic E-state index is 0.0664. The van der Waals surface area contributed by atoms with Crippen molar-refractivity contribution in [3.8, 4) is 11.4 Å². The molecule has 1 amide bonds. The molecule has 0 saturated carbocycles. The molecule has 3 heterocycles. The van der Waals surface area contributed by atoms with Crippen LogP contribution >= 0.6 is 0 Å². The smallest absolute Gasteiger partial charge is 0.252 e. The highest BCUT2D eigenvalue weighted by molar-refractivity contribution is 5.81. The Kier molecular flexibility index (Phi) is 4.21. The molecule has 0 unspecified atom stereocenters. The standard InChI is InChI=1S/C19H20FN3O2/c1-12-15-11-23(19(24)17-6-3-9-25-17)8-7-16(15)22-18(21-12)13-4-2-5-14(20)10-13/h2,4-5,10,17H,3,6-9,11H2,1H3/t17-/m1/s1. The highest BCUT2D eigenvalue weighted by Gasteiger charge is 2.31. The Morgan fingerprint density at radius 2 is 2.24 bits per heavy atom. The zero-order valence-electron chi connectivity index (χ0n) is 14.2. The van der Waals surface area contributed by atoms with E-state index in [-0.39, 0.29) is 17.8 Å². The summed E-state index contributed by atoms with van der Waals surface area (Å²) in [6.45, 7) is 3.73. The first-order valence-electron chi connectivity index (χ1n) is 8.64. The molecule has 130 valence electrons. The zero-order valence-corrected chi connectivity index (χ0v) is 14.2. The van der Waals surface area contributed by atoms with E-state index in [4.69, 9.17) is 4.74 Å². The second-order valence-electron chi connectivity index (χ2n) is 6.58. The maximum atomic E-state index is 13.5. The van der Waals surface area contributed by atoms with Gasteiger partial charge in [0, 0.05) is 42.9 Å². The Morgan fingerprint density at radius 3 is 3.00 bits per heavy atom. The zero-order chi connectivity index (χ0) is 17.4. The summed E-state index contributed by atoms with van der Waals surface area (Å²) < 4.78 is 19.0. The van der Waals surface area contributed by atoms with Crippen molar-refractivity contribution in [2.24, 2.45) is 0 Å². The molecule has 0 bridgehead atoms. The van der Waals surface area contributed by atoms with Crippen molar-refractivity contribution in [1.82, 2.24) is 14.9 Å². The van der Waals surface area contributed by atoms with Gasteiger partial charge in [-0.05, 0) is 31.9 Å². The van der Waals surface area contributed by atoms with Gasteiger partial charge in [-0.3, -0.25) is 4.79 Å². The number of benzene rings is 1. The van der Waals surface area contributed by atoms with Gasteiger partial charge in [0.15, 0.2) is 5.82 Å². The van der Waals surface area contributed by atoms with E-state index in [0.29, 0.717) is 37.5 Å². The fourth-order valence-corrected chi connectivity index (χ4v) is 3.50. The molecule has 1 fully saturated rings. The van der Waals surface area contributed by atoms with Crippen LogP contribution in [-0.2, 0) is 22.5 Å². The maximum absolute atomic E-state index is 13.5. The Bertz CT molecular complexity index is 818. The first kappa shape index (κ1) is 16.1. The fraction of sp³-hybridized carbons (Fsp3) is 0.421. The van der Waals surface area contributed by atoms with E-state index < -0.39 is 0 Å². The van der Waals surface area contributed by atoms with Gasteiger partial charge in [-0.25, -0.2) is 14.4 Å². The molecule has 0 radical (unpaired) electrons. The molecule has 2 aliphatic rings. The van der Waals surface area contributed by atoms with Gasteiger partial charge in [-0.1, -0.05) is 12.1 Å². The summed E-state index contributed by atoms with van der Waals surface area (Å²) in [4.78, 5) is 23.6. The van der Waals surface area contributed by atoms with Gasteiger partial charge < -0.3 is 9.64 Å². The molecule has 4 rings (SSSR count). The average molecular weight is 341 g/mol. The first-order chi connectivity index (χ1) is 12.1. The number of hydrogen-bond donors (Lipinski definition) is 0. The van der Waals surface area contributed by atoms with Gasteiger partial charge in [0.25, 0.3) is 5.91 Å². The van der Waals surface area contributed by atoms with Crippen LogP contribution in [0.25, 0.3) is 11.4 Å². The number of nitrogens with zero attached hydrogens (tertiary/aromatic N) is 3. The van der Waals surface area contributed by atoms with Crippen molar-refractivity contribution in [1.29, 1.82) is 0 Å². The van der Waals surface area contributed by atoms with Crippen molar-refractivity contribution in [3.63, 3.8) is 0 Å². The van der Waals surface area contributed by atoms with Crippen molar-refractivity contribution >= 4 is 5.91 Å². The van der Waals surface area contributed by atoms with Gasteiger partial charge in [0.05, 0.1) is 5.69 Å². The quantitative estimate of drug-likeness (QED) is 0.843. The third-order valence-corrected chi connectivity index (χ3v) is 4.87. The van der Waals surface area contributed by atoms with Gasteiger partial charge in [0.1, 0.15) is 11.9 Å². The van der Waals surface area contributed by atoms with E-state index in [1.165, 1.54) is 12.1 Å². The monoisotopic (exact) mass is 341 g/mol. The minimum Gasteiger partial charge on any atom is -0.368 e. The van der Waals surface area contributed by atoms with Crippen LogP contribution in [-0.4, -0.2) is 40.0 Å². The predicted molar refractivity (Wildman–Crippen MR) is 90.3 cm³/mol. The third kappa shape index (κ3) is 3.14. The lowest BCUT2D eigenvalue weighted by Crippen LogP contribution is -2.42. The molecule has 2 aromatic rings. The Hall–Kier alpha value is -2.34. The molecule has 0 spiro atoms. The normalized spacial score (nSPS) is 19.8. The van der Waals surface area contributed by atoms with Crippen LogP contribution in [0.4, 0.5) is 4.39 Å². The van der Waals surface area contributed by atoms with E-state index in [1.807, 2.05) is 11.8 Å². The molecule has 1 aromatic heterocycles. The van der Waals surface area contributed by atoms with Gasteiger partial charge in [-0.15, -0.1) is 0 Å². The van der Waals surface area contributed by atoms with E-state index in [2.05, 4.69) is 9.97 Å². The van der Waals surface area contributed by atoms with Crippen molar-refractivity contribution in [3.05, 3.63) is 47.0 Å². The van der Waals surface area contributed by atoms with E-state index in [1.54, 1.807) is 12.1 Å². The maximum Gasteiger partial charge on any atom is 0.252 e. The number of amides is 1. The summed E-state index contributed by atoms with van der Waals surface area (Å²) in [5.41, 5.74) is 3.46. The number of ether oxygens (including phenoxy) is 1. The summed E-state index contributed by atoms with van der Waals surface area (Å²) in [6, 6.07) is 6.31. The number of aryl methyl sites for hydroxylation is 1. The molecule has 1 atom stereocenters. The molecule has 6 heteroatoms. The highest BCUT2D eigenvalue weighted by Crippen LogP contribution is 2.26. The molecule has 0 aliphatic carbocycles. The average Bonchev–Trinajstić information content (AvgIpc) is 3.15. The lowest BCUT2D eigenvalue weighted by atomic mass is 10.0. The summed E-state index contributed by atoms with van der Waals surface area (Å²) in [5.74, 6) is 0.302. The predicted octanol–water partition coefficient (Wildman–Crippen LogP) is 2.65. The van der Waals surface area contributed by atoms with Crippen LogP contribution < -0.4 is 0 Å². The number of rotatable bonds is 2. The number of carbonyl (C=O) groups is 1. The molecule has 1 aromatic carbocycles. The SMILES string of the molecule is Cc1nc(-c2cccc(F)c2)nc2c1CN(C(=O)[C@H]1CCCO1)CC2. The number of halogens is 1. The number of fused-ring (bicyclic) bond motifs is 1. The Labute approximate surface area is 145 Å².